The van der Waals surface area contributed by atoms with E-state index in [1.807, 2.05) is 54.7 Å². The summed E-state index contributed by atoms with van der Waals surface area (Å²) in [5, 5.41) is 10.5. The zero-order valence-corrected chi connectivity index (χ0v) is 34.1. The summed E-state index contributed by atoms with van der Waals surface area (Å²) in [5.41, 5.74) is 6.54. The van der Waals surface area contributed by atoms with Crippen LogP contribution >= 0.6 is 11.8 Å². The molecule has 0 aliphatic heterocycles. The van der Waals surface area contributed by atoms with Gasteiger partial charge < -0.3 is 25.4 Å². The van der Waals surface area contributed by atoms with Crippen molar-refractivity contribution in [3.8, 4) is 5.75 Å². The Labute approximate surface area is 344 Å². The molecule has 3 aromatic carbocycles. The van der Waals surface area contributed by atoms with E-state index in [-0.39, 0.29) is 24.8 Å². The fourth-order valence-electron chi connectivity index (χ4n) is 8.55. The largest absolute Gasteiger partial charge is 0.489 e. The molecule has 3 aliphatic carbocycles. The van der Waals surface area contributed by atoms with Crippen molar-refractivity contribution in [1.29, 1.82) is 0 Å². The molecule has 1 fully saturated rings. The van der Waals surface area contributed by atoms with Gasteiger partial charge in [-0.2, -0.15) is 11.8 Å². The highest BCUT2D eigenvalue weighted by Crippen LogP contribution is 2.56. The number of benzene rings is 3. The van der Waals surface area contributed by atoms with Gasteiger partial charge in [-0.1, -0.05) is 66.7 Å². The molecule has 1 heterocycles. The average Bonchev–Trinajstić information content (AvgIpc) is 3.59. The number of amides is 4. The molecule has 1 aromatic heterocycles. The van der Waals surface area contributed by atoms with Crippen LogP contribution in [0.2, 0.25) is 0 Å². The highest BCUT2D eigenvalue weighted by Gasteiger charge is 2.47. The van der Waals surface area contributed by atoms with E-state index in [9.17, 15) is 19.2 Å². The summed E-state index contributed by atoms with van der Waals surface area (Å²) >= 11 is 1.51. The molecule has 0 bridgehead atoms. The predicted octanol–water partition coefficient (Wildman–Crippen LogP) is 6.45. The summed E-state index contributed by atoms with van der Waals surface area (Å²) in [6, 6.07) is 25.8. The van der Waals surface area contributed by atoms with Crippen molar-refractivity contribution >= 4 is 41.5 Å². The Hall–Kier alpha value is -5.43. The summed E-state index contributed by atoms with van der Waals surface area (Å²) in [6.45, 7) is 4.96. The van der Waals surface area contributed by atoms with Crippen molar-refractivity contribution in [1.82, 2.24) is 25.9 Å². The number of ether oxygens (including phenoxy) is 2. The summed E-state index contributed by atoms with van der Waals surface area (Å²) in [7, 11) is 0. The second-order valence-electron chi connectivity index (χ2n) is 16.3. The van der Waals surface area contributed by atoms with Crippen LogP contribution in [0.15, 0.2) is 85.1 Å². The number of hydrogen-bond acceptors (Lipinski definition) is 9. The van der Waals surface area contributed by atoms with Crippen LogP contribution in [0.3, 0.4) is 0 Å². The minimum atomic E-state index is -0.926. The van der Waals surface area contributed by atoms with E-state index in [1.165, 1.54) is 22.9 Å². The van der Waals surface area contributed by atoms with E-state index < -0.39 is 35.5 Å². The fourth-order valence-corrected chi connectivity index (χ4v) is 9.56. The number of anilines is 1. The summed E-state index contributed by atoms with van der Waals surface area (Å²) in [6.07, 6.45) is 6.28. The van der Waals surface area contributed by atoms with Crippen molar-refractivity contribution < 1.29 is 28.7 Å². The van der Waals surface area contributed by atoms with Crippen molar-refractivity contribution in [2.24, 2.45) is 11.8 Å². The van der Waals surface area contributed by atoms with E-state index in [1.54, 1.807) is 20.8 Å². The first-order valence-electron chi connectivity index (χ1n) is 20.1. The number of nitrogens with one attached hydrogen (secondary N) is 4. The predicted molar refractivity (Wildman–Crippen MR) is 223 cm³/mol. The smallest absolute Gasteiger partial charge is 0.408 e. The third-order valence-electron chi connectivity index (χ3n) is 11.1. The van der Waals surface area contributed by atoms with Crippen LogP contribution in [0, 0.1) is 11.8 Å². The Kier molecular flexibility index (Phi) is 13.0. The molecule has 3 aliphatic rings. The Balaban J connectivity index is 0.958. The lowest BCUT2D eigenvalue weighted by atomic mass is 9.60. The highest BCUT2D eigenvalue weighted by molar-refractivity contribution is 7.98. The quantitative estimate of drug-likeness (QED) is 0.112. The van der Waals surface area contributed by atoms with Crippen LogP contribution in [-0.2, 0) is 44.3 Å². The molecule has 12 nitrogen and oxygen atoms in total. The number of alkyl carbamates (subject to hydrolysis) is 1. The molecule has 4 N–H and O–H groups in total. The average molecular weight is 805 g/mol. The van der Waals surface area contributed by atoms with Gasteiger partial charge in [-0.05, 0) is 111 Å². The number of carbonyl (C=O) groups is 4. The number of aromatic nitrogens is 2. The Morgan fingerprint density at radius 3 is 2.31 bits per heavy atom. The lowest BCUT2D eigenvalue weighted by Gasteiger charge is -2.44. The van der Waals surface area contributed by atoms with Gasteiger partial charge in [-0.3, -0.25) is 19.7 Å². The van der Waals surface area contributed by atoms with Crippen molar-refractivity contribution in [2.75, 3.05) is 24.2 Å². The number of hydrogen-bond donors (Lipinski definition) is 4. The second-order valence-corrected chi connectivity index (χ2v) is 17.4. The molecule has 5 unspecified atom stereocenters. The molecule has 4 aromatic rings. The SMILES string of the molecule is CC(C)(C)OC(=O)NCC(=O)NCC(=O)NC(CSCc1ccccc1)C(=O)Nc1ncc2c(n1)C1CCC3c4ccc(OCc5ccccc5)cc4CCC3C1C2. The molecule has 0 radical (unpaired) electrons. The molecule has 0 saturated heterocycles. The van der Waals surface area contributed by atoms with Gasteiger partial charge in [0.15, 0.2) is 0 Å². The third kappa shape index (κ3) is 10.5. The first kappa shape index (κ1) is 40.8. The number of aryl methyl sites for hydroxylation is 1. The van der Waals surface area contributed by atoms with Crippen LogP contribution in [-0.4, -0.2) is 64.3 Å². The second kappa shape index (κ2) is 18.4. The standard InChI is InChI=1S/C45H52N6O6S/c1-45(2,3)57-44(55)48-23-39(52)46-24-40(53)49-38(27-58-26-29-12-8-5-9-13-29)42(54)51-43-47-22-31-21-37-35-16-14-30-20-32(56-25-28-10-6-4-7-11-28)15-17-33(30)34(35)18-19-36(37)41(31)50-43/h4-13,15,17,20,22,34-38H,14,16,18-19,21,23-27H2,1-3H3,(H,46,52)(H,48,55)(H,49,53)(H,47,50,51,54). The molecule has 5 atom stereocenters. The van der Waals surface area contributed by atoms with Gasteiger partial charge >= 0.3 is 6.09 Å². The molecule has 0 spiro atoms. The van der Waals surface area contributed by atoms with E-state index in [4.69, 9.17) is 14.5 Å². The van der Waals surface area contributed by atoms with Crippen LogP contribution in [0.5, 0.6) is 5.75 Å². The molecule has 1 saturated carbocycles. The third-order valence-corrected chi connectivity index (χ3v) is 12.2. The Bertz CT molecular complexity index is 2090. The topological polar surface area (TPSA) is 161 Å². The lowest BCUT2D eigenvalue weighted by Crippen LogP contribution is -2.49. The Morgan fingerprint density at radius 1 is 0.828 bits per heavy atom. The molecule has 4 amide bonds. The minimum absolute atomic E-state index is 0.220. The van der Waals surface area contributed by atoms with E-state index in [2.05, 4.69) is 56.6 Å². The van der Waals surface area contributed by atoms with Crippen molar-refractivity contribution in [3.63, 3.8) is 0 Å². The number of fused-ring (bicyclic) bond motifs is 7. The summed E-state index contributed by atoms with van der Waals surface area (Å²) < 4.78 is 11.3. The van der Waals surface area contributed by atoms with Gasteiger partial charge in [0.1, 0.15) is 30.5 Å². The van der Waals surface area contributed by atoms with Crippen LogP contribution in [0.4, 0.5) is 10.7 Å². The van der Waals surface area contributed by atoms with Gasteiger partial charge in [0.25, 0.3) is 0 Å². The first-order valence-corrected chi connectivity index (χ1v) is 21.3. The van der Waals surface area contributed by atoms with E-state index in [0.29, 0.717) is 36.0 Å². The zero-order valence-electron chi connectivity index (χ0n) is 33.3. The Morgan fingerprint density at radius 2 is 1.55 bits per heavy atom. The van der Waals surface area contributed by atoms with E-state index >= 15 is 0 Å². The first-order chi connectivity index (χ1) is 28.0. The summed E-state index contributed by atoms with van der Waals surface area (Å²) in [4.78, 5) is 60.5. The number of nitrogens with zero attached hydrogens (tertiary/aromatic N) is 2. The van der Waals surface area contributed by atoms with Crippen LogP contribution in [0.1, 0.15) is 85.4 Å². The van der Waals surface area contributed by atoms with Gasteiger partial charge in [0.05, 0.1) is 12.2 Å². The van der Waals surface area contributed by atoms with Gasteiger partial charge in [-0.25, -0.2) is 14.8 Å². The number of rotatable bonds is 14. The molecule has 304 valence electrons. The maximum absolute atomic E-state index is 13.8. The van der Waals surface area contributed by atoms with E-state index in [0.717, 1.165) is 60.2 Å². The van der Waals surface area contributed by atoms with Gasteiger partial charge in [0, 0.05) is 23.6 Å². The molecule has 7 rings (SSSR count). The van der Waals surface area contributed by atoms with Crippen molar-refractivity contribution in [3.05, 3.63) is 119 Å². The van der Waals surface area contributed by atoms with Crippen molar-refractivity contribution in [2.45, 2.75) is 88.7 Å². The summed E-state index contributed by atoms with van der Waals surface area (Å²) in [5.74, 6) is 2.30. The normalized spacial score (nSPS) is 19.6. The van der Waals surface area contributed by atoms with Crippen LogP contribution in [0.25, 0.3) is 0 Å². The zero-order chi connectivity index (χ0) is 40.6. The molecule has 13 heteroatoms. The van der Waals surface area contributed by atoms with Crippen LogP contribution < -0.4 is 26.0 Å². The monoisotopic (exact) mass is 804 g/mol. The maximum atomic E-state index is 13.8. The lowest BCUT2D eigenvalue weighted by molar-refractivity contribution is -0.127. The van der Waals surface area contributed by atoms with Gasteiger partial charge in [0.2, 0.25) is 23.7 Å². The maximum Gasteiger partial charge on any atom is 0.408 e. The number of carbonyl (C=O) groups excluding carboxylic acids is 4. The van der Waals surface area contributed by atoms with Gasteiger partial charge in [-0.15, -0.1) is 0 Å². The molecular weight excluding hydrogens is 753 g/mol. The molecular formula is C45H52N6O6S. The molecule has 58 heavy (non-hydrogen) atoms. The number of thioether (sulfide) groups is 1. The minimum Gasteiger partial charge on any atom is -0.489 e. The highest BCUT2D eigenvalue weighted by atomic mass is 32.2. The fraction of sp³-hybridized carbons (Fsp3) is 0.422.